The number of nitrogens with one attached hydrogen (secondary N) is 1. The Morgan fingerprint density at radius 2 is 2.33 bits per heavy atom. The third-order valence-electron chi connectivity index (χ3n) is 2.53. The molecular weight excluding hydrogens is 238 g/mol. The van der Waals surface area contributed by atoms with E-state index in [4.69, 9.17) is 14.4 Å². The Hall–Kier alpha value is -2.57. The van der Waals surface area contributed by atoms with E-state index in [0.29, 0.717) is 17.9 Å². The molecule has 0 bridgehead atoms. The first-order valence-electron chi connectivity index (χ1n) is 5.33. The Labute approximate surface area is 101 Å². The summed E-state index contributed by atoms with van der Waals surface area (Å²) in [5.41, 5.74) is 1.41. The van der Waals surface area contributed by atoms with Gasteiger partial charge in [0.2, 0.25) is 0 Å². The number of para-hydroxylation sites is 1. The number of aromatic nitrogens is 2. The molecule has 0 saturated carbocycles. The van der Waals surface area contributed by atoms with Crippen LogP contribution < -0.4 is 10.1 Å². The van der Waals surface area contributed by atoms with Crippen molar-refractivity contribution in [3.8, 4) is 17.2 Å². The van der Waals surface area contributed by atoms with Crippen molar-refractivity contribution in [2.75, 3.05) is 18.5 Å². The highest BCUT2D eigenvalue weighted by molar-refractivity contribution is 5.84. The van der Waals surface area contributed by atoms with Gasteiger partial charge < -0.3 is 19.7 Å². The van der Waals surface area contributed by atoms with Crippen LogP contribution in [0.2, 0.25) is 0 Å². The summed E-state index contributed by atoms with van der Waals surface area (Å²) < 4.78 is 10.5. The first kappa shape index (κ1) is 10.6. The van der Waals surface area contributed by atoms with E-state index in [-0.39, 0.29) is 11.7 Å². The number of benzene rings is 1. The standard InChI is InChI=1S/C11H9N3O4/c15-11(16)9-13-10(18-14-9)6-2-1-3-7-8(6)17-5-4-12-7/h1-3,12H,4-5H2,(H,15,16). The number of fused-ring (bicyclic) bond motifs is 1. The van der Waals surface area contributed by atoms with Gasteiger partial charge in [0, 0.05) is 6.54 Å². The molecule has 18 heavy (non-hydrogen) atoms. The van der Waals surface area contributed by atoms with Crippen molar-refractivity contribution in [2.24, 2.45) is 0 Å². The van der Waals surface area contributed by atoms with Crippen LogP contribution in [0.1, 0.15) is 10.6 Å². The van der Waals surface area contributed by atoms with Crippen LogP contribution in [-0.2, 0) is 0 Å². The van der Waals surface area contributed by atoms with Crippen LogP contribution in [0, 0.1) is 0 Å². The molecule has 0 radical (unpaired) electrons. The van der Waals surface area contributed by atoms with Gasteiger partial charge in [-0.25, -0.2) is 4.79 Å². The first-order chi connectivity index (χ1) is 8.75. The molecule has 0 saturated heterocycles. The van der Waals surface area contributed by atoms with E-state index in [9.17, 15) is 4.79 Å². The summed E-state index contributed by atoms with van der Waals surface area (Å²) in [6.07, 6.45) is 0. The van der Waals surface area contributed by atoms with Crippen LogP contribution in [0.4, 0.5) is 5.69 Å². The third kappa shape index (κ3) is 1.65. The highest BCUT2D eigenvalue weighted by Gasteiger charge is 2.21. The molecule has 1 aliphatic heterocycles. The molecular formula is C11H9N3O4. The van der Waals surface area contributed by atoms with Gasteiger partial charge in [0.05, 0.1) is 11.3 Å². The quantitative estimate of drug-likeness (QED) is 0.823. The predicted octanol–water partition coefficient (Wildman–Crippen LogP) is 1.24. The predicted molar refractivity (Wildman–Crippen MR) is 60.7 cm³/mol. The van der Waals surface area contributed by atoms with Crippen LogP contribution in [0.3, 0.4) is 0 Å². The Bertz CT molecular complexity index is 608. The topological polar surface area (TPSA) is 97.5 Å². The second-order valence-electron chi connectivity index (χ2n) is 3.69. The number of carboxylic acids is 1. The average Bonchev–Trinajstić information content (AvgIpc) is 2.87. The minimum absolute atomic E-state index is 0.132. The molecule has 0 fully saturated rings. The van der Waals surface area contributed by atoms with Gasteiger partial charge in [-0.1, -0.05) is 6.07 Å². The van der Waals surface area contributed by atoms with Crippen molar-refractivity contribution in [2.45, 2.75) is 0 Å². The fourth-order valence-corrected chi connectivity index (χ4v) is 1.76. The Morgan fingerprint density at radius 3 is 3.11 bits per heavy atom. The molecule has 0 aliphatic carbocycles. The molecule has 2 N–H and O–H groups in total. The monoisotopic (exact) mass is 247 g/mol. The van der Waals surface area contributed by atoms with Crippen molar-refractivity contribution >= 4 is 11.7 Å². The normalized spacial score (nSPS) is 13.3. The minimum atomic E-state index is -1.23. The van der Waals surface area contributed by atoms with Crippen LogP contribution in [0.15, 0.2) is 22.7 Å². The molecule has 0 amide bonds. The number of nitrogens with zero attached hydrogens (tertiary/aromatic N) is 2. The van der Waals surface area contributed by atoms with Gasteiger partial charge >= 0.3 is 5.97 Å². The fraction of sp³-hybridized carbons (Fsp3) is 0.182. The van der Waals surface area contributed by atoms with Gasteiger partial charge in [0.1, 0.15) is 6.61 Å². The van der Waals surface area contributed by atoms with E-state index in [1.807, 2.05) is 6.07 Å². The van der Waals surface area contributed by atoms with E-state index in [1.54, 1.807) is 12.1 Å². The molecule has 1 aliphatic rings. The van der Waals surface area contributed by atoms with E-state index in [2.05, 4.69) is 15.5 Å². The first-order valence-corrected chi connectivity index (χ1v) is 5.33. The second kappa shape index (κ2) is 4.02. The lowest BCUT2D eigenvalue weighted by Crippen LogP contribution is -2.18. The molecule has 92 valence electrons. The van der Waals surface area contributed by atoms with Crippen LogP contribution >= 0.6 is 0 Å². The summed E-state index contributed by atoms with van der Waals surface area (Å²) in [6.45, 7) is 1.25. The molecule has 7 heteroatoms. The Morgan fingerprint density at radius 1 is 1.44 bits per heavy atom. The smallest absolute Gasteiger partial charge is 0.377 e. The van der Waals surface area contributed by atoms with Gasteiger partial charge in [0.15, 0.2) is 5.75 Å². The van der Waals surface area contributed by atoms with Gasteiger partial charge in [-0.2, -0.15) is 4.98 Å². The number of carboxylic acid groups (broad SMARTS) is 1. The molecule has 0 unspecified atom stereocenters. The lowest BCUT2D eigenvalue weighted by atomic mass is 10.1. The van der Waals surface area contributed by atoms with E-state index in [0.717, 1.165) is 12.2 Å². The van der Waals surface area contributed by atoms with Gasteiger partial charge in [-0.15, -0.1) is 0 Å². The number of hydrogen-bond donors (Lipinski definition) is 2. The summed E-state index contributed by atoms with van der Waals surface area (Å²) in [6, 6.07) is 5.41. The number of rotatable bonds is 2. The molecule has 1 aromatic heterocycles. The number of aromatic carboxylic acids is 1. The molecule has 2 heterocycles. The zero-order valence-corrected chi connectivity index (χ0v) is 9.21. The maximum atomic E-state index is 10.7. The highest BCUT2D eigenvalue weighted by Crippen LogP contribution is 2.37. The molecule has 1 aromatic carbocycles. The molecule has 0 spiro atoms. The van der Waals surface area contributed by atoms with Crippen molar-refractivity contribution < 1.29 is 19.2 Å². The summed E-state index contributed by atoms with van der Waals surface area (Å²) in [5.74, 6) is -0.863. The lowest BCUT2D eigenvalue weighted by molar-refractivity contribution is 0.0680. The minimum Gasteiger partial charge on any atom is -0.489 e. The van der Waals surface area contributed by atoms with Crippen molar-refractivity contribution in [3.63, 3.8) is 0 Å². The van der Waals surface area contributed by atoms with Crippen molar-refractivity contribution in [1.82, 2.24) is 10.1 Å². The van der Waals surface area contributed by atoms with Gasteiger partial charge in [-0.05, 0) is 17.3 Å². The van der Waals surface area contributed by atoms with E-state index >= 15 is 0 Å². The summed E-state index contributed by atoms with van der Waals surface area (Å²) in [5, 5.41) is 15.3. The van der Waals surface area contributed by atoms with Crippen molar-refractivity contribution in [1.29, 1.82) is 0 Å². The number of hydrogen-bond acceptors (Lipinski definition) is 6. The van der Waals surface area contributed by atoms with Gasteiger partial charge in [0.25, 0.3) is 11.7 Å². The maximum Gasteiger partial charge on any atom is 0.377 e. The fourth-order valence-electron chi connectivity index (χ4n) is 1.76. The Kier molecular flexibility index (Phi) is 2.36. The number of ether oxygens (including phenoxy) is 1. The maximum absolute atomic E-state index is 10.7. The largest absolute Gasteiger partial charge is 0.489 e. The summed E-state index contributed by atoms with van der Waals surface area (Å²) in [4.78, 5) is 14.5. The van der Waals surface area contributed by atoms with Crippen LogP contribution in [0.25, 0.3) is 11.5 Å². The molecule has 2 aromatic rings. The SMILES string of the molecule is O=C(O)c1noc(-c2cccc3c2OCCN3)n1. The second-order valence-corrected chi connectivity index (χ2v) is 3.69. The van der Waals surface area contributed by atoms with Crippen molar-refractivity contribution in [3.05, 3.63) is 24.0 Å². The zero-order valence-electron chi connectivity index (χ0n) is 9.21. The number of carbonyl (C=O) groups is 1. The Balaban J connectivity index is 2.08. The van der Waals surface area contributed by atoms with Crippen LogP contribution in [-0.4, -0.2) is 34.4 Å². The lowest BCUT2D eigenvalue weighted by Gasteiger charge is -2.20. The summed E-state index contributed by atoms with van der Waals surface area (Å²) >= 11 is 0. The summed E-state index contributed by atoms with van der Waals surface area (Å²) in [7, 11) is 0. The third-order valence-corrected chi connectivity index (χ3v) is 2.53. The molecule has 3 rings (SSSR count). The number of anilines is 1. The van der Waals surface area contributed by atoms with Crippen LogP contribution in [0.5, 0.6) is 5.75 Å². The van der Waals surface area contributed by atoms with Gasteiger partial charge in [-0.3, -0.25) is 0 Å². The van der Waals surface area contributed by atoms with E-state index in [1.165, 1.54) is 0 Å². The highest BCUT2D eigenvalue weighted by atomic mass is 16.5. The molecule has 7 nitrogen and oxygen atoms in total. The van der Waals surface area contributed by atoms with E-state index < -0.39 is 5.97 Å². The zero-order chi connectivity index (χ0) is 12.5. The average molecular weight is 247 g/mol. The molecule has 0 atom stereocenters.